The molecule has 4 aliphatic rings. The van der Waals surface area contributed by atoms with Crippen LogP contribution in [0.4, 0.5) is 20.2 Å². The van der Waals surface area contributed by atoms with E-state index >= 15 is 0 Å². The van der Waals surface area contributed by atoms with Crippen LogP contribution >= 0.6 is 0 Å². The third-order valence-electron chi connectivity index (χ3n) is 12.2. The Balaban J connectivity index is 0.000000142. The molecule has 280 valence electrons. The summed E-state index contributed by atoms with van der Waals surface area (Å²) < 4.78 is 31.2. The van der Waals surface area contributed by atoms with Crippen LogP contribution in [0.1, 0.15) is 97.9 Å². The molecule has 2 N–H and O–H groups in total. The van der Waals surface area contributed by atoms with Crippen LogP contribution in [0.15, 0.2) is 97.8 Å². The monoisotopic (exact) mass is 730 g/mol. The van der Waals surface area contributed by atoms with Crippen molar-refractivity contribution in [3.63, 3.8) is 0 Å². The molecule has 6 aromatic rings. The lowest BCUT2D eigenvalue weighted by Gasteiger charge is -2.36. The summed E-state index contributed by atoms with van der Waals surface area (Å²) in [4.78, 5) is 13.0. The van der Waals surface area contributed by atoms with Crippen molar-refractivity contribution < 1.29 is 19.0 Å². The van der Waals surface area contributed by atoms with Gasteiger partial charge in [-0.1, -0.05) is 24.3 Å². The second-order valence-corrected chi connectivity index (χ2v) is 15.8. The van der Waals surface area contributed by atoms with Gasteiger partial charge in [-0.25, -0.2) is 18.7 Å². The fourth-order valence-electron chi connectivity index (χ4n) is 8.90. The molecule has 10 heteroatoms. The topological polar surface area (TPSA) is 81.5 Å². The molecule has 4 aromatic heterocycles. The van der Waals surface area contributed by atoms with Crippen molar-refractivity contribution in [3.8, 4) is 0 Å². The van der Waals surface area contributed by atoms with Gasteiger partial charge in [0.2, 0.25) is 0 Å². The Morgan fingerprint density at radius 3 is 1.31 bits per heavy atom. The van der Waals surface area contributed by atoms with Crippen LogP contribution in [0, 0.1) is 23.5 Å². The number of pyridine rings is 2. The molecule has 6 heterocycles. The van der Waals surface area contributed by atoms with Crippen LogP contribution in [0.5, 0.6) is 0 Å². The van der Waals surface area contributed by atoms with Crippen LogP contribution < -0.4 is 9.80 Å². The molecule has 2 aromatic carbocycles. The van der Waals surface area contributed by atoms with E-state index in [1.165, 1.54) is 48.9 Å². The van der Waals surface area contributed by atoms with E-state index in [2.05, 4.69) is 52.8 Å². The number of aliphatic hydroxyl groups excluding tert-OH is 2. The predicted octanol–water partition coefficient (Wildman–Crippen LogP) is 8.60. The molecule has 2 aliphatic carbocycles. The molecule has 0 unspecified atom stereocenters. The van der Waals surface area contributed by atoms with Crippen LogP contribution in [0.25, 0.3) is 11.0 Å². The maximum atomic E-state index is 13.5. The number of hydrogen-bond acceptors (Lipinski definition) is 6. The minimum Gasteiger partial charge on any atom is -0.387 e. The zero-order chi connectivity index (χ0) is 36.8. The summed E-state index contributed by atoms with van der Waals surface area (Å²) in [6, 6.07) is 22.1. The van der Waals surface area contributed by atoms with Gasteiger partial charge in [0, 0.05) is 37.6 Å². The van der Waals surface area contributed by atoms with Crippen molar-refractivity contribution in [2.75, 3.05) is 36.0 Å². The highest BCUT2D eigenvalue weighted by molar-refractivity contribution is 5.52. The molecule has 2 saturated heterocycles. The van der Waals surface area contributed by atoms with Crippen molar-refractivity contribution in [2.45, 2.75) is 75.4 Å². The number of hydrogen-bond donors (Lipinski definition) is 2. The van der Waals surface area contributed by atoms with Crippen LogP contribution in [0.3, 0.4) is 0 Å². The molecule has 0 amide bonds. The largest absolute Gasteiger partial charge is 0.387 e. The number of rotatable bonds is 8. The summed E-state index contributed by atoms with van der Waals surface area (Å²) in [7, 11) is 0. The molecular weight excluding hydrogens is 683 g/mol. The second-order valence-electron chi connectivity index (χ2n) is 15.8. The summed E-state index contributed by atoms with van der Waals surface area (Å²) in [5.74, 6) is 1.18. The van der Waals surface area contributed by atoms with Gasteiger partial charge in [0.05, 0.1) is 59.7 Å². The Morgan fingerprint density at radius 2 is 0.944 bits per heavy atom. The Bertz CT molecular complexity index is 2070. The zero-order valence-corrected chi connectivity index (χ0v) is 30.5. The van der Waals surface area contributed by atoms with E-state index in [4.69, 9.17) is 0 Å². The van der Waals surface area contributed by atoms with E-state index in [1.807, 2.05) is 37.2 Å². The number of piperidine rings is 2. The number of aliphatic hydroxyl groups is 2. The highest BCUT2D eigenvalue weighted by atomic mass is 19.1. The first-order valence-electron chi connectivity index (χ1n) is 19.7. The van der Waals surface area contributed by atoms with Gasteiger partial charge in [0.1, 0.15) is 11.6 Å². The second kappa shape index (κ2) is 14.8. The summed E-state index contributed by atoms with van der Waals surface area (Å²) in [5.41, 5.74) is 8.53. The molecular formula is C44H48F2N6O2. The molecule has 10 rings (SSSR count). The highest BCUT2D eigenvalue weighted by Crippen LogP contribution is 2.46. The Labute approximate surface area is 314 Å². The van der Waals surface area contributed by atoms with Crippen molar-refractivity contribution in [2.24, 2.45) is 11.8 Å². The molecule has 0 spiro atoms. The van der Waals surface area contributed by atoms with Crippen LogP contribution in [-0.2, 0) is 0 Å². The quantitative estimate of drug-likeness (QED) is 0.163. The third kappa shape index (κ3) is 7.09. The maximum Gasteiger partial charge on any atom is 0.125 e. The van der Waals surface area contributed by atoms with E-state index in [1.54, 1.807) is 24.3 Å². The minimum absolute atomic E-state index is 0.199. The van der Waals surface area contributed by atoms with Gasteiger partial charge in [-0.3, -0.25) is 0 Å². The summed E-state index contributed by atoms with van der Waals surface area (Å²) in [6.07, 6.45) is 14.8. The molecule has 0 radical (unpaired) electrons. The van der Waals surface area contributed by atoms with E-state index in [9.17, 15) is 19.0 Å². The maximum absolute atomic E-state index is 13.5. The van der Waals surface area contributed by atoms with Crippen LogP contribution in [0.2, 0.25) is 0 Å². The van der Waals surface area contributed by atoms with Crippen molar-refractivity contribution >= 4 is 22.4 Å². The molecule has 4 fully saturated rings. The SMILES string of the molecule is O[C@@H](c1c(C2CC2)ccc2cncn12)C1CCN(c2cccc(F)c2)CC1.O[C@H](c1c(C2CC2)ccc2cncn12)C1CCN(c2cccc(F)c2)CC1. The number of fused-ring (bicyclic) bond motifs is 2. The fraction of sp³-hybridized carbons (Fsp3) is 0.409. The van der Waals surface area contributed by atoms with Crippen molar-refractivity contribution in [1.82, 2.24) is 18.8 Å². The van der Waals surface area contributed by atoms with Gasteiger partial charge in [0.25, 0.3) is 0 Å². The van der Waals surface area contributed by atoms with Gasteiger partial charge in [-0.05, 0) is 135 Å². The van der Waals surface area contributed by atoms with Gasteiger partial charge in [-0.15, -0.1) is 0 Å². The summed E-state index contributed by atoms with van der Waals surface area (Å²) in [5, 5.41) is 22.6. The van der Waals surface area contributed by atoms with Crippen molar-refractivity contribution in [1.29, 1.82) is 0 Å². The average molecular weight is 731 g/mol. The van der Waals surface area contributed by atoms with Gasteiger partial charge in [-0.2, -0.15) is 0 Å². The highest BCUT2D eigenvalue weighted by Gasteiger charge is 2.35. The van der Waals surface area contributed by atoms with Gasteiger partial charge >= 0.3 is 0 Å². The van der Waals surface area contributed by atoms with Crippen LogP contribution in [-0.4, -0.2) is 55.2 Å². The van der Waals surface area contributed by atoms with E-state index in [0.717, 1.165) is 85.7 Å². The molecule has 8 nitrogen and oxygen atoms in total. The normalized spacial score (nSPS) is 19.6. The molecule has 2 saturated carbocycles. The fourth-order valence-corrected chi connectivity index (χ4v) is 8.90. The van der Waals surface area contributed by atoms with Crippen molar-refractivity contribution in [3.05, 3.63) is 132 Å². The zero-order valence-electron chi connectivity index (χ0n) is 30.5. The first-order chi connectivity index (χ1) is 26.4. The Morgan fingerprint density at radius 1 is 0.537 bits per heavy atom. The third-order valence-corrected chi connectivity index (χ3v) is 12.2. The lowest BCUT2D eigenvalue weighted by Crippen LogP contribution is -2.36. The van der Waals surface area contributed by atoms with Gasteiger partial charge in [0.15, 0.2) is 0 Å². The first kappa shape index (κ1) is 34.9. The molecule has 2 atom stereocenters. The van der Waals surface area contributed by atoms with E-state index in [-0.39, 0.29) is 23.5 Å². The summed E-state index contributed by atoms with van der Waals surface area (Å²) >= 11 is 0. The number of anilines is 2. The van der Waals surface area contributed by atoms with E-state index in [0.29, 0.717) is 11.8 Å². The average Bonchev–Trinajstić information content (AvgIpc) is 4.14. The number of nitrogens with zero attached hydrogens (tertiary/aromatic N) is 6. The summed E-state index contributed by atoms with van der Waals surface area (Å²) in [6.45, 7) is 3.35. The van der Waals surface area contributed by atoms with Gasteiger partial charge < -0.3 is 28.8 Å². The van der Waals surface area contributed by atoms with E-state index < -0.39 is 12.2 Å². The smallest absolute Gasteiger partial charge is 0.125 e. The first-order valence-corrected chi connectivity index (χ1v) is 19.7. The Kier molecular flexibility index (Phi) is 9.57. The predicted molar refractivity (Wildman–Crippen MR) is 207 cm³/mol. The number of aromatic nitrogens is 4. The molecule has 0 bridgehead atoms. The Hall–Kier alpha value is -4.80. The minimum atomic E-state index is -0.492. The molecule has 54 heavy (non-hydrogen) atoms. The lowest BCUT2D eigenvalue weighted by molar-refractivity contribution is 0.0870. The standard InChI is InChI=1S/2C22H24FN3O/c2*23-17-2-1-3-18(12-17)25-10-8-16(9-11-25)22(27)21-20(15-4-5-15)7-6-19-13-24-14-26(19)21/h2*1-3,6-7,12-16,22,27H,4-5,8-11H2/t2*22-/m10/s1. The number of benzene rings is 2. The number of halogens is 2. The molecule has 2 aliphatic heterocycles. The number of imidazole rings is 2. The lowest BCUT2D eigenvalue weighted by atomic mass is 9.87.